The van der Waals surface area contributed by atoms with E-state index in [2.05, 4.69) is 0 Å². The molecule has 0 bridgehead atoms. The molecule has 0 saturated heterocycles. The van der Waals surface area contributed by atoms with E-state index in [1.165, 1.54) is 24.3 Å². The fraction of sp³-hybridized carbons (Fsp3) is 0. The first-order valence-electron chi connectivity index (χ1n) is 3.24. The maximum absolute atomic E-state index is 10.2. The fourth-order valence-corrected chi connectivity index (χ4v) is 0.776. The monoisotopic (exact) mass is 166 g/mol. The van der Waals surface area contributed by atoms with Gasteiger partial charge in [-0.05, 0) is 12.1 Å². The molecule has 0 atom stereocenters. The number of hydrogen-bond donors (Lipinski definition) is 2. The molecular weight excluding hydrogens is 158 g/mol. The van der Waals surface area contributed by atoms with Crippen LogP contribution in [-0.2, 0) is 0 Å². The molecule has 0 amide bonds. The van der Waals surface area contributed by atoms with Gasteiger partial charge in [-0.2, -0.15) is 0 Å². The molecule has 0 aromatic heterocycles. The summed E-state index contributed by atoms with van der Waals surface area (Å²) in [5, 5.41) is 15.5. The molecule has 0 saturated carbocycles. The largest absolute Gasteiger partial charge is 0.287 e. The van der Waals surface area contributed by atoms with E-state index in [0.29, 0.717) is 5.56 Å². The molecule has 0 radical (unpaired) electrons. The van der Waals surface area contributed by atoms with E-state index in [1.807, 2.05) is 0 Å². The predicted octanol–water partition coefficient (Wildman–Crippen LogP) is -0.941. The number of nitro benzene ring substituents is 1. The van der Waals surface area contributed by atoms with Crippen LogP contribution in [0.2, 0.25) is 0 Å². The van der Waals surface area contributed by atoms with E-state index in [4.69, 9.17) is 11.1 Å². The van der Waals surface area contributed by atoms with Crippen LogP contribution >= 0.6 is 0 Å². The van der Waals surface area contributed by atoms with Crippen LogP contribution < -0.4 is 11.1 Å². The first kappa shape index (κ1) is 8.19. The van der Waals surface area contributed by atoms with Gasteiger partial charge in [0.25, 0.3) is 11.5 Å². The predicted molar refractivity (Wildman–Crippen MR) is 43.3 cm³/mol. The Kier molecular flexibility index (Phi) is 2.05. The molecule has 5 nitrogen and oxygen atoms in total. The van der Waals surface area contributed by atoms with Crippen LogP contribution in [0, 0.1) is 10.1 Å². The van der Waals surface area contributed by atoms with Crippen molar-refractivity contribution in [3.05, 3.63) is 39.9 Å². The first-order valence-corrected chi connectivity index (χ1v) is 3.24. The molecule has 4 N–H and O–H groups in total. The molecule has 0 spiro atoms. The number of non-ortho nitro benzene ring substituents is 1. The summed E-state index contributed by atoms with van der Waals surface area (Å²) in [5.74, 6) is 0.157. The normalized spacial score (nSPS) is 9.33. The van der Waals surface area contributed by atoms with Crippen molar-refractivity contribution in [3.63, 3.8) is 0 Å². The standard InChI is InChI=1S/C7H7N3O2/c8-7(9)5-1-3-6(4-2-5)10(11)12/h1-4H,(H3,8,9)/p+1. The zero-order valence-corrected chi connectivity index (χ0v) is 6.23. The van der Waals surface area contributed by atoms with Crippen molar-refractivity contribution < 1.29 is 10.3 Å². The molecule has 12 heavy (non-hydrogen) atoms. The Bertz CT molecular complexity index is 285. The van der Waals surface area contributed by atoms with Crippen molar-refractivity contribution in [1.29, 1.82) is 0 Å². The third-order valence-corrected chi connectivity index (χ3v) is 1.41. The van der Waals surface area contributed by atoms with Crippen LogP contribution in [-0.4, -0.2) is 10.8 Å². The number of nitrogens with zero attached hydrogens (tertiary/aromatic N) is 1. The number of hydrogen-bond acceptors (Lipinski definition) is 2. The molecule has 5 heteroatoms. The quantitative estimate of drug-likeness (QED) is 0.257. The van der Waals surface area contributed by atoms with Crippen LogP contribution in [0.1, 0.15) is 5.56 Å². The number of nitrogens with two attached hydrogens (primary N) is 2. The number of nitro groups is 1. The number of amidine groups is 1. The van der Waals surface area contributed by atoms with Crippen molar-refractivity contribution >= 4 is 11.5 Å². The summed E-state index contributed by atoms with van der Waals surface area (Å²) in [6.45, 7) is 0. The van der Waals surface area contributed by atoms with Gasteiger partial charge < -0.3 is 0 Å². The summed E-state index contributed by atoms with van der Waals surface area (Å²) < 4.78 is 0. The van der Waals surface area contributed by atoms with Crippen molar-refractivity contribution in [1.82, 2.24) is 0 Å². The topological polar surface area (TPSA) is 94.8 Å². The lowest BCUT2D eigenvalue weighted by Gasteiger charge is -1.92. The van der Waals surface area contributed by atoms with Crippen LogP contribution in [0.3, 0.4) is 0 Å². The van der Waals surface area contributed by atoms with Crippen LogP contribution in [0.15, 0.2) is 24.3 Å². The van der Waals surface area contributed by atoms with Crippen molar-refractivity contribution in [2.24, 2.45) is 5.73 Å². The minimum atomic E-state index is -0.476. The summed E-state index contributed by atoms with van der Waals surface area (Å²) in [6, 6.07) is 5.73. The third kappa shape index (κ3) is 1.57. The highest BCUT2D eigenvalue weighted by molar-refractivity contribution is 5.92. The molecule has 0 fully saturated rings. The molecule has 0 unspecified atom stereocenters. The van der Waals surface area contributed by atoms with E-state index in [-0.39, 0.29) is 11.5 Å². The molecule has 1 rings (SSSR count). The Morgan fingerprint density at radius 2 is 1.92 bits per heavy atom. The van der Waals surface area contributed by atoms with Gasteiger partial charge in [-0.1, -0.05) is 0 Å². The summed E-state index contributed by atoms with van der Waals surface area (Å²) in [4.78, 5) is 9.74. The molecular formula is C7H8N3O2+. The average Bonchev–Trinajstić information content (AvgIpc) is 2.04. The average molecular weight is 166 g/mol. The van der Waals surface area contributed by atoms with Gasteiger partial charge in [0.2, 0.25) is 0 Å². The van der Waals surface area contributed by atoms with E-state index in [9.17, 15) is 10.1 Å². The molecule has 0 aliphatic carbocycles. The zero-order valence-electron chi connectivity index (χ0n) is 6.23. The highest BCUT2D eigenvalue weighted by Gasteiger charge is 2.06. The Balaban J connectivity index is 3.01. The van der Waals surface area contributed by atoms with Crippen LogP contribution in [0.5, 0.6) is 0 Å². The Morgan fingerprint density at radius 1 is 1.42 bits per heavy atom. The van der Waals surface area contributed by atoms with Gasteiger partial charge in [0, 0.05) is 12.1 Å². The Hall–Kier alpha value is -1.91. The first-order chi connectivity index (χ1) is 5.61. The second-order valence-corrected chi connectivity index (χ2v) is 2.26. The third-order valence-electron chi connectivity index (χ3n) is 1.41. The molecule has 1 aromatic rings. The molecule has 0 aliphatic rings. The minimum absolute atomic E-state index is 0.0278. The van der Waals surface area contributed by atoms with E-state index in [1.54, 1.807) is 0 Å². The SMILES string of the molecule is NC(=[NH2+])c1ccc([N+](=O)[O-])cc1. The van der Waals surface area contributed by atoms with Gasteiger partial charge in [-0.15, -0.1) is 0 Å². The van der Waals surface area contributed by atoms with Gasteiger partial charge in [0.1, 0.15) is 0 Å². The maximum Gasteiger partial charge on any atom is 0.270 e. The Labute approximate surface area is 68.5 Å². The second-order valence-electron chi connectivity index (χ2n) is 2.26. The van der Waals surface area contributed by atoms with E-state index < -0.39 is 4.92 Å². The van der Waals surface area contributed by atoms with Gasteiger partial charge in [0.15, 0.2) is 0 Å². The Morgan fingerprint density at radius 3 is 2.25 bits per heavy atom. The van der Waals surface area contributed by atoms with Gasteiger partial charge >= 0.3 is 0 Å². The molecule has 0 aliphatic heterocycles. The lowest BCUT2D eigenvalue weighted by atomic mass is 10.2. The van der Waals surface area contributed by atoms with Crippen molar-refractivity contribution in [2.45, 2.75) is 0 Å². The lowest BCUT2D eigenvalue weighted by molar-refractivity contribution is -0.384. The summed E-state index contributed by atoms with van der Waals surface area (Å²) in [6.07, 6.45) is 0. The van der Waals surface area contributed by atoms with E-state index >= 15 is 0 Å². The van der Waals surface area contributed by atoms with Crippen LogP contribution in [0.25, 0.3) is 0 Å². The fourth-order valence-electron chi connectivity index (χ4n) is 0.776. The summed E-state index contributed by atoms with van der Waals surface area (Å²) >= 11 is 0. The van der Waals surface area contributed by atoms with Gasteiger partial charge in [-0.3, -0.25) is 21.3 Å². The highest BCUT2D eigenvalue weighted by atomic mass is 16.6. The van der Waals surface area contributed by atoms with E-state index in [0.717, 1.165) is 0 Å². The molecule has 0 heterocycles. The summed E-state index contributed by atoms with van der Waals surface area (Å²) in [7, 11) is 0. The number of rotatable bonds is 2. The number of benzene rings is 1. The van der Waals surface area contributed by atoms with Gasteiger partial charge in [0.05, 0.1) is 10.5 Å². The summed E-state index contributed by atoms with van der Waals surface area (Å²) in [5.41, 5.74) is 5.89. The van der Waals surface area contributed by atoms with Crippen LogP contribution in [0.4, 0.5) is 5.69 Å². The maximum atomic E-state index is 10.2. The van der Waals surface area contributed by atoms with Crippen molar-refractivity contribution in [2.75, 3.05) is 0 Å². The molecule has 62 valence electrons. The zero-order chi connectivity index (χ0) is 9.14. The van der Waals surface area contributed by atoms with Crippen molar-refractivity contribution in [3.8, 4) is 0 Å². The lowest BCUT2D eigenvalue weighted by Crippen LogP contribution is -2.46. The minimum Gasteiger partial charge on any atom is -0.287 e. The second kappa shape index (κ2) is 3.00. The smallest absolute Gasteiger partial charge is 0.270 e. The van der Waals surface area contributed by atoms with Gasteiger partial charge in [-0.25, -0.2) is 0 Å². The highest BCUT2D eigenvalue weighted by Crippen LogP contribution is 2.10. The molecule has 1 aromatic carbocycles.